The second-order valence-corrected chi connectivity index (χ2v) is 4.59. The lowest BCUT2D eigenvalue weighted by Crippen LogP contribution is -2.37. The first-order chi connectivity index (χ1) is 7.40. The van der Waals surface area contributed by atoms with E-state index in [9.17, 15) is 0 Å². The highest BCUT2D eigenvalue weighted by atomic mass is 32.2. The smallest absolute Gasteiger partial charge is 0.133 e. The fourth-order valence-corrected chi connectivity index (χ4v) is 2.35. The Balaban J connectivity index is 2.02. The van der Waals surface area contributed by atoms with Crippen LogP contribution in [0.1, 0.15) is 12.8 Å². The Hall–Kier alpha value is -0.670. The standard InChI is InChI=1S/C12H17NOS/c1-15-12-7-3-2-6-11(12)14-10-5-4-8-13-9-10/h2-3,6-7,10,13H,4-5,8-9H2,1H3. The number of benzene rings is 1. The van der Waals surface area contributed by atoms with Crippen molar-refractivity contribution in [2.24, 2.45) is 0 Å². The second kappa shape index (κ2) is 5.42. The summed E-state index contributed by atoms with van der Waals surface area (Å²) in [4.78, 5) is 1.23. The minimum absolute atomic E-state index is 0.340. The van der Waals surface area contributed by atoms with Crippen molar-refractivity contribution in [2.45, 2.75) is 23.8 Å². The number of hydrogen-bond donors (Lipinski definition) is 1. The summed E-state index contributed by atoms with van der Waals surface area (Å²) >= 11 is 1.74. The van der Waals surface area contributed by atoms with E-state index in [0.717, 1.165) is 25.3 Å². The van der Waals surface area contributed by atoms with Gasteiger partial charge in [-0.15, -0.1) is 11.8 Å². The Morgan fingerprint density at radius 2 is 2.27 bits per heavy atom. The average molecular weight is 223 g/mol. The van der Waals surface area contributed by atoms with Gasteiger partial charge in [0.05, 0.1) is 0 Å². The maximum atomic E-state index is 5.99. The molecule has 1 aromatic rings. The van der Waals surface area contributed by atoms with Crippen molar-refractivity contribution >= 4 is 11.8 Å². The molecular weight excluding hydrogens is 206 g/mol. The SMILES string of the molecule is CSc1ccccc1OC1CCCNC1. The number of para-hydroxylation sites is 1. The van der Waals surface area contributed by atoms with Crippen LogP contribution in [0.25, 0.3) is 0 Å². The molecule has 3 heteroatoms. The van der Waals surface area contributed by atoms with Gasteiger partial charge in [-0.1, -0.05) is 12.1 Å². The zero-order chi connectivity index (χ0) is 10.5. The normalized spacial score (nSPS) is 21.3. The van der Waals surface area contributed by atoms with E-state index in [1.54, 1.807) is 11.8 Å². The van der Waals surface area contributed by atoms with E-state index in [1.807, 2.05) is 6.07 Å². The highest BCUT2D eigenvalue weighted by Crippen LogP contribution is 2.28. The van der Waals surface area contributed by atoms with E-state index >= 15 is 0 Å². The Labute approximate surface area is 95.4 Å². The topological polar surface area (TPSA) is 21.3 Å². The van der Waals surface area contributed by atoms with Crippen LogP contribution < -0.4 is 10.1 Å². The van der Waals surface area contributed by atoms with Crippen molar-refractivity contribution in [1.29, 1.82) is 0 Å². The molecule has 1 N–H and O–H groups in total. The van der Waals surface area contributed by atoms with Gasteiger partial charge in [0.25, 0.3) is 0 Å². The molecule has 0 aromatic heterocycles. The van der Waals surface area contributed by atoms with Crippen LogP contribution in [0.15, 0.2) is 29.2 Å². The van der Waals surface area contributed by atoms with Crippen LogP contribution in [-0.2, 0) is 0 Å². The third-order valence-electron chi connectivity index (χ3n) is 2.61. The molecule has 1 unspecified atom stereocenters. The summed E-state index contributed by atoms with van der Waals surface area (Å²) in [5, 5.41) is 3.36. The second-order valence-electron chi connectivity index (χ2n) is 3.74. The molecule has 1 fully saturated rings. The van der Waals surface area contributed by atoms with E-state index < -0.39 is 0 Å². The van der Waals surface area contributed by atoms with E-state index in [2.05, 4.69) is 29.8 Å². The highest BCUT2D eigenvalue weighted by Gasteiger charge is 2.15. The van der Waals surface area contributed by atoms with E-state index in [1.165, 1.54) is 11.3 Å². The molecule has 0 bridgehead atoms. The predicted octanol–water partition coefficient (Wildman–Crippen LogP) is 2.54. The number of nitrogens with one attached hydrogen (secondary N) is 1. The molecule has 0 radical (unpaired) electrons. The highest BCUT2D eigenvalue weighted by molar-refractivity contribution is 7.98. The van der Waals surface area contributed by atoms with Crippen LogP contribution in [-0.4, -0.2) is 25.4 Å². The lowest BCUT2D eigenvalue weighted by atomic mass is 10.1. The molecule has 1 aliphatic heterocycles. The molecule has 2 rings (SSSR count). The summed E-state index contributed by atoms with van der Waals surface area (Å²) in [6.45, 7) is 2.10. The Kier molecular flexibility index (Phi) is 3.92. The van der Waals surface area contributed by atoms with Crippen molar-refractivity contribution in [3.8, 4) is 5.75 Å². The van der Waals surface area contributed by atoms with Crippen molar-refractivity contribution in [1.82, 2.24) is 5.32 Å². The Morgan fingerprint density at radius 3 is 3.00 bits per heavy atom. The minimum Gasteiger partial charge on any atom is -0.488 e. The van der Waals surface area contributed by atoms with Gasteiger partial charge in [0.2, 0.25) is 0 Å². The molecule has 0 spiro atoms. The van der Waals surface area contributed by atoms with E-state index in [0.29, 0.717) is 6.10 Å². The summed E-state index contributed by atoms with van der Waals surface area (Å²) in [6.07, 6.45) is 4.80. The van der Waals surface area contributed by atoms with Crippen LogP contribution in [0.5, 0.6) is 5.75 Å². The number of piperidine rings is 1. The third kappa shape index (κ3) is 2.89. The lowest BCUT2D eigenvalue weighted by Gasteiger charge is -2.24. The zero-order valence-corrected chi connectivity index (χ0v) is 9.85. The Morgan fingerprint density at radius 1 is 1.40 bits per heavy atom. The summed E-state index contributed by atoms with van der Waals surface area (Å²) in [5.74, 6) is 1.03. The minimum atomic E-state index is 0.340. The van der Waals surface area contributed by atoms with Gasteiger partial charge in [-0.2, -0.15) is 0 Å². The molecule has 1 saturated heterocycles. The third-order valence-corrected chi connectivity index (χ3v) is 3.39. The summed E-state index contributed by atoms with van der Waals surface area (Å²) in [5.41, 5.74) is 0. The van der Waals surface area contributed by atoms with Crippen LogP contribution in [0, 0.1) is 0 Å². The molecular formula is C12H17NOS. The number of ether oxygens (including phenoxy) is 1. The molecule has 1 atom stereocenters. The van der Waals surface area contributed by atoms with Gasteiger partial charge in [-0.3, -0.25) is 0 Å². The largest absolute Gasteiger partial charge is 0.488 e. The maximum Gasteiger partial charge on any atom is 0.133 e. The monoisotopic (exact) mass is 223 g/mol. The molecule has 0 saturated carbocycles. The molecule has 1 aromatic carbocycles. The van der Waals surface area contributed by atoms with Gasteiger partial charge >= 0.3 is 0 Å². The lowest BCUT2D eigenvalue weighted by molar-refractivity contribution is 0.163. The van der Waals surface area contributed by atoms with Crippen LogP contribution >= 0.6 is 11.8 Å². The van der Waals surface area contributed by atoms with Crippen LogP contribution in [0.3, 0.4) is 0 Å². The Bertz CT molecular complexity index is 310. The zero-order valence-electron chi connectivity index (χ0n) is 9.03. The van der Waals surface area contributed by atoms with Crippen molar-refractivity contribution in [2.75, 3.05) is 19.3 Å². The maximum absolute atomic E-state index is 5.99. The number of hydrogen-bond acceptors (Lipinski definition) is 3. The molecule has 1 heterocycles. The molecule has 0 aliphatic carbocycles. The number of thioether (sulfide) groups is 1. The summed E-state index contributed by atoms with van der Waals surface area (Å²) < 4.78 is 5.99. The molecule has 82 valence electrons. The van der Waals surface area contributed by atoms with E-state index in [4.69, 9.17) is 4.74 Å². The fourth-order valence-electron chi connectivity index (χ4n) is 1.82. The number of rotatable bonds is 3. The first-order valence-corrected chi connectivity index (χ1v) is 6.63. The molecule has 2 nitrogen and oxygen atoms in total. The van der Waals surface area contributed by atoms with Crippen molar-refractivity contribution in [3.63, 3.8) is 0 Å². The van der Waals surface area contributed by atoms with Crippen LogP contribution in [0.4, 0.5) is 0 Å². The van der Waals surface area contributed by atoms with Crippen molar-refractivity contribution in [3.05, 3.63) is 24.3 Å². The van der Waals surface area contributed by atoms with Crippen LogP contribution in [0.2, 0.25) is 0 Å². The summed E-state index contributed by atoms with van der Waals surface area (Å²) in [6, 6.07) is 8.25. The van der Waals surface area contributed by atoms with Gasteiger partial charge in [0.1, 0.15) is 11.9 Å². The van der Waals surface area contributed by atoms with Gasteiger partial charge in [-0.25, -0.2) is 0 Å². The quantitative estimate of drug-likeness (QED) is 0.796. The first-order valence-electron chi connectivity index (χ1n) is 5.40. The first kappa shape index (κ1) is 10.8. The van der Waals surface area contributed by atoms with Crippen molar-refractivity contribution < 1.29 is 4.74 Å². The molecule has 0 amide bonds. The molecule has 15 heavy (non-hydrogen) atoms. The van der Waals surface area contributed by atoms with Gasteiger partial charge in [-0.05, 0) is 37.8 Å². The van der Waals surface area contributed by atoms with E-state index in [-0.39, 0.29) is 0 Å². The average Bonchev–Trinajstić information content (AvgIpc) is 2.31. The van der Waals surface area contributed by atoms with Gasteiger partial charge < -0.3 is 10.1 Å². The van der Waals surface area contributed by atoms with Gasteiger partial charge in [0, 0.05) is 11.4 Å². The fraction of sp³-hybridized carbons (Fsp3) is 0.500. The van der Waals surface area contributed by atoms with Gasteiger partial charge in [0.15, 0.2) is 0 Å². The predicted molar refractivity (Wildman–Crippen MR) is 64.7 cm³/mol. The molecule has 1 aliphatic rings. The summed E-state index contributed by atoms with van der Waals surface area (Å²) in [7, 11) is 0.